The Morgan fingerprint density at radius 2 is 2.29 bits per heavy atom. The lowest BCUT2D eigenvalue weighted by Crippen LogP contribution is -2.08. The molecular formula is C11H13ClN4S. The van der Waals surface area contributed by atoms with Crippen molar-refractivity contribution in [1.29, 1.82) is 0 Å². The number of rotatable bonds is 4. The lowest BCUT2D eigenvalue weighted by Gasteiger charge is -2.07. The van der Waals surface area contributed by atoms with Crippen molar-refractivity contribution in [3.05, 3.63) is 33.1 Å². The number of aryl methyl sites for hydroxylation is 1. The van der Waals surface area contributed by atoms with Crippen molar-refractivity contribution in [2.75, 3.05) is 17.6 Å². The van der Waals surface area contributed by atoms with Crippen LogP contribution in [0, 0.1) is 6.92 Å². The van der Waals surface area contributed by atoms with Crippen molar-refractivity contribution in [2.24, 2.45) is 0 Å². The Balaban J connectivity index is 1.91. The van der Waals surface area contributed by atoms with Gasteiger partial charge < -0.3 is 11.1 Å². The summed E-state index contributed by atoms with van der Waals surface area (Å²) in [4.78, 5) is 9.31. The normalized spacial score (nSPS) is 10.5. The Hall–Kier alpha value is -1.33. The quantitative estimate of drug-likeness (QED) is 0.895. The van der Waals surface area contributed by atoms with Gasteiger partial charge in [0.05, 0.1) is 4.34 Å². The lowest BCUT2D eigenvalue weighted by molar-refractivity contribution is 1.01. The van der Waals surface area contributed by atoms with Gasteiger partial charge in [-0.25, -0.2) is 4.98 Å². The van der Waals surface area contributed by atoms with Crippen molar-refractivity contribution in [1.82, 2.24) is 9.97 Å². The maximum absolute atomic E-state index is 5.86. The average molecular weight is 269 g/mol. The fraction of sp³-hybridized carbons (Fsp3) is 0.273. The number of nitrogen functional groups attached to an aromatic ring is 1. The topological polar surface area (TPSA) is 63.8 Å². The summed E-state index contributed by atoms with van der Waals surface area (Å²) in [6.07, 6.45) is 2.63. The molecule has 4 nitrogen and oxygen atoms in total. The van der Waals surface area contributed by atoms with Crippen molar-refractivity contribution in [3.8, 4) is 0 Å². The van der Waals surface area contributed by atoms with Crippen LogP contribution in [0.2, 0.25) is 4.34 Å². The molecule has 0 saturated carbocycles. The fourth-order valence-corrected chi connectivity index (χ4v) is 2.51. The van der Waals surface area contributed by atoms with E-state index in [1.807, 2.05) is 19.1 Å². The number of thiophene rings is 1. The lowest BCUT2D eigenvalue weighted by atomic mass is 10.3. The smallest absolute Gasteiger partial charge is 0.221 e. The minimum atomic E-state index is 0.289. The van der Waals surface area contributed by atoms with Gasteiger partial charge in [0, 0.05) is 23.2 Å². The Kier molecular flexibility index (Phi) is 3.81. The van der Waals surface area contributed by atoms with Gasteiger partial charge in [-0.05, 0) is 25.5 Å². The fourth-order valence-electron chi connectivity index (χ4n) is 1.42. The van der Waals surface area contributed by atoms with Gasteiger partial charge in [0.15, 0.2) is 0 Å². The summed E-state index contributed by atoms with van der Waals surface area (Å²) in [5, 5.41) is 3.24. The van der Waals surface area contributed by atoms with Crippen LogP contribution in [0.4, 0.5) is 11.8 Å². The summed E-state index contributed by atoms with van der Waals surface area (Å²) < 4.78 is 0.822. The molecule has 0 bridgehead atoms. The van der Waals surface area contributed by atoms with Gasteiger partial charge in [-0.3, -0.25) is 0 Å². The molecule has 0 amide bonds. The van der Waals surface area contributed by atoms with Crippen LogP contribution in [0.1, 0.15) is 10.4 Å². The van der Waals surface area contributed by atoms with E-state index in [4.69, 9.17) is 17.3 Å². The van der Waals surface area contributed by atoms with Gasteiger partial charge in [0.25, 0.3) is 0 Å². The first kappa shape index (κ1) is 12.1. The molecule has 90 valence electrons. The van der Waals surface area contributed by atoms with E-state index < -0.39 is 0 Å². The van der Waals surface area contributed by atoms with Crippen LogP contribution in [0.15, 0.2) is 18.3 Å². The Morgan fingerprint density at radius 1 is 1.47 bits per heavy atom. The molecule has 0 radical (unpaired) electrons. The molecule has 0 unspecified atom stereocenters. The zero-order valence-corrected chi connectivity index (χ0v) is 11.0. The van der Waals surface area contributed by atoms with E-state index >= 15 is 0 Å². The van der Waals surface area contributed by atoms with E-state index in [1.54, 1.807) is 17.5 Å². The van der Waals surface area contributed by atoms with Crippen LogP contribution >= 0.6 is 22.9 Å². The molecule has 0 atom stereocenters. The second kappa shape index (κ2) is 5.33. The highest BCUT2D eigenvalue weighted by Crippen LogP contribution is 2.21. The number of hydrogen-bond acceptors (Lipinski definition) is 5. The summed E-state index contributed by atoms with van der Waals surface area (Å²) in [5.74, 6) is 1.08. The second-order valence-electron chi connectivity index (χ2n) is 3.64. The highest BCUT2D eigenvalue weighted by molar-refractivity contribution is 7.16. The Bertz CT molecular complexity index is 512. The molecule has 0 aliphatic rings. The zero-order chi connectivity index (χ0) is 12.3. The third-order valence-electron chi connectivity index (χ3n) is 2.28. The Morgan fingerprint density at radius 3 is 3.00 bits per heavy atom. The molecule has 0 aromatic carbocycles. The molecule has 3 N–H and O–H groups in total. The van der Waals surface area contributed by atoms with Gasteiger partial charge in [-0.1, -0.05) is 11.6 Å². The predicted octanol–water partition coefficient (Wildman–Crippen LogP) is 2.74. The maximum Gasteiger partial charge on any atom is 0.221 e. The standard InChI is InChI=1S/C11H13ClN4S/c1-7-6-15-11(13)16-10(7)14-5-4-8-2-3-9(12)17-8/h2-3,6H,4-5H2,1H3,(H3,13,14,15,16). The van der Waals surface area contributed by atoms with Crippen molar-refractivity contribution in [2.45, 2.75) is 13.3 Å². The summed E-state index contributed by atoms with van der Waals surface area (Å²) >= 11 is 7.46. The summed E-state index contributed by atoms with van der Waals surface area (Å²) in [6.45, 7) is 2.75. The van der Waals surface area contributed by atoms with Crippen LogP contribution in [0.3, 0.4) is 0 Å². The van der Waals surface area contributed by atoms with Gasteiger partial charge >= 0.3 is 0 Å². The van der Waals surface area contributed by atoms with Gasteiger partial charge in [-0.2, -0.15) is 4.98 Å². The molecule has 0 aliphatic heterocycles. The molecule has 6 heteroatoms. The van der Waals surface area contributed by atoms with E-state index in [2.05, 4.69) is 15.3 Å². The Labute approximate surface area is 109 Å². The maximum atomic E-state index is 5.86. The van der Waals surface area contributed by atoms with E-state index in [9.17, 15) is 0 Å². The molecule has 0 saturated heterocycles. The minimum Gasteiger partial charge on any atom is -0.369 e. The molecule has 0 fully saturated rings. The number of nitrogens with two attached hydrogens (primary N) is 1. The third-order valence-corrected chi connectivity index (χ3v) is 3.57. The van der Waals surface area contributed by atoms with Gasteiger partial charge in [-0.15, -0.1) is 11.3 Å². The minimum absolute atomic E-state index is 0.289. The molecule has 2 aromatic heterocycles. The number of hydrogen-bond donors (Lipinski definition) is 2. The van der Waals surface area contributed by atoms with Crippen molar-refractivity contribution >= 4 is 34.7 Å². The predicted molar refractivity (Wildman–Crippen MR) is 72.7 cm³/mol. The first-order valence-corrected chi connectivity index (χ1v) is 6.42. The first-order chi connectivity index (χ1) is 8.15. The number of nitrogens with one attached hydrogen (secondary N) is 1. The van der Waals surface area contributed by atoms with Gasteiger partial charge in [0.1, 0.15) is 5.82 Å². The van der Waals surface area contributed by atoms with Crippen LogP contribution in [-0.2, 0) is 6.42 Å². The van der Waals surface area contributed by atoms with E-state index in [-0.39, 0.29) is 5.95 Å². The summed E-state index contributed by atoms with van der Waals surface area (Å²) in [5.41, 5.74) is 6.53. The van der Waals surface area contributed by atoms with Crippen molar-refractivity contribution in [3.63, 3.8) is 0 Å². The molecule has 0 aliphatic carbocycles. The first-order valence-electron chi connectivity index (χ1n) is 5.22. The van der Waals surface area contributed by atoms with Crippen LogP contribution in [0.25, 0.3) is 0 Å². The van der Waals surface area contributed by atoms with E-state index in [0.29, 0.717) is 0 Å². The molecular weight excluding hydrogens is 256 g/mol. The van der Waals surface area contributed by atoms with Crippen LogP contribution in [0.5, 0.6) is 0 Å². The monoisotopic (exact) mass is 268 g/mol. The average Bonchev–Trinajstić information content (AvgIpc) is 2.69. The third kappa shape index (κ3) is 3.31. The van der Waals surface area contributed by atoms with Crippen LogP contribution < -0.4 is 11.1 Å². The van der Waals surface area contributed by atoms with Crippen LogP contribution in [-0.4, -0.2) is 16.5 Å². The molecule has 2 rings (SSSR count). The molecule has 2 heterocycles. The molecule has 17 heavy (non-hydrogen) atoms. The van der Waals surface area contributed by atoms with E-state index in [1.165, 1.54) is 4.88 Å². The zero-order valence-electron chi connectivity index (χ0n) is 9.40. The largest absolute Gasteiger partial charge is 0.369 e. The number of nitrogens with zero attached hydrogens (tertiary/aromatic N) is 2. The highest BCUT2D eigenvalue weighted by atomic mass is 35.5. The van der Waals surface area contributed by atoms with Crippen molar-refractivity contribution < 1.29 is 0 Å². The number of anilines is 2. The number of halogens is 1. The summed E-state index contributed by atoms with van der Waals surface area (Å²) in [7, 11) is 0. The van der Waals surface area contributed by atoms with E-state index in [0.717, 1.165) is 28.7 Å². The summed E-state index contributed by atoms with van der Waals surface area (Å²) in [6, 6.07) is 3.95. The number of aromatic nitrogens is 2. The SMILES string of the molecule is Cc1cnc(N)nc1NCCc1ccc(Cl)s1. The molecule has 2 aromatic rings. The van der Waals surface area contributed by atoms with Gasteiger partial charge in [0.2, 0.25) is 5.95 Å². The second-order valence-corrected chi connectivity index (χ2v) is 5.44. The molecule has 0 spiro atoms. The highest BCUT2D eigenvalue weighted by Gasteiger charge is 2.02.